The van der Waals surface area contributed by atoms with E-state index in [1.165, 1.54) is 6.07 Å². The monoisotopic (exact) mass is 275 g/mol. The molecule has 0 spiro atoms. The minimum atomic E-state index is -0.835. The summed E-state index contributed by atoms with van der Waals surface area (Å²) >= 11 is 0. The lowest BCUT2D eigenvalue weighted by Crippen LogP contribution is -2.32. The number of likely N-dealkylation sites (N-methyl/N-ethyl adjacent to an activating group) is 1. The maximum absolute atomic E-state index is 13.4. The molecular formula is C16H15F2NO. The fourth-order valence-corrected chi connectivity index (χ4v) is 2.67. The van der Waals surface area contributed by atoms with E-state index >= 15 is 0 Å². The Kier molecular flexibility index (Phi) is 3.40. The van der Waals surface area contributed by atoms with Crippen LogP contribution in [0.1, 0.15) is 17.2 Å². The van der Waals surface area contributed by atoms with E-state index in [2.05, 4.69) is 5.32 Å². The highest BCUT2D eigenvalue weighted by Gasteiger charge is 2.30. The zero-order chi connectivity index (χ0) is 14.1. The van der Waals surface area contributed by atoms with E-state index in [4.69, 9.17) is 4.74 Å². The highest BCUT2D eigenvalue weighted by molar-refractivity contribution is 5.38. The number of benzene rings is 2. The molecule has 1 heterocycles. The highest BCUT2D eigenvalue weighted by Crippen LogP contribution is 2.34. The summed E-state index contributed by atoms with van der Waals surface area (Å²) in [5.74, 6) is -0.808. The number of ether oxygens (including phenoxy) is 1. The van der Waals surface area contributed by atoms with Crippen molar-refractivity contribution >= 4 is 0 Å². The molecule has 0 radical (unpaired) electrons. The van der Waals surface area contributed by atoms with Crippen molar-refractivity contribution in [2.75, 3.05) is 7.05 Å². The van der Waals surface area contributed by atoms with Gasteiger partial charge in [0.1, 0.15) is 11.9 Å². The SMILES string of the molecule is CNC(c1ccc(F)c(F)c1)C1Cc2ccccc2O1. The molecule has 1 aliphatic rings. The van der Waals surface area contributed by atoms with E-state index in [1.54, 1.807) is 13.1 Å². The van der Waals surface area contributed by atoms with Gasteiger partial charge in [-0.3, -0.25) is 0 Å². The Morgan fingerprint density at radius 3 is 2.65 bits per heavy atom. The van der Waals surface area contributed by atoms with Crippen LogP contribution in [0.15, 0.2) is 42.5 Å². The van der Waals surface area contributed by atoms with Gasteiger partial charge in [-0.15, -0.1) is 0 Å². The first-order valence-corrected chi connectivity index (χ1v) is 6.56. The topological polar surface area (TPSA) is 21.3 Å². The molecule has 0 fully saturated rings. The molecule has 4 heteroatoms. The van der Waals surface area contributed by atoms with Crippen LogP contribution >= 0.6 is 0 Å². The molecule has 20 heavy (non-hydrogen) atoms. The Morgan fingerprint density at radius 1 is 1.15 bits per heavy atom. The molecule has 2 nitrogen and oxygen atoms in total. The number of rotatable bonds is 3. The molecule has 2 aromatic carbocycles. The molecule has 2 unspecified atom stereocenters. The lowest BCUT2D eigenvalue weighted by atomic mass is 9.97. The summed E-state index contributed by atoms with van der Waals surface area (Å²) in [4.78, 5) is 0. The van der Waals surface area contributed by atoms with E-state index in [0.717, 1.165) is 23.8 Å². The van der Waals surface area contributed by atoms with Crippen molar-refractivity contribution in [3.05, 3.63) is 65.2 Å². The fraction of sp³-hybridized carbons (Fsp3) is 0.250. The van der Waals surface area contributed by atoms with Crippen molar-refractivity contribution in [2.45, 2.75) is 18.6 Å². The van der Waals surface area contributed by atoms with Crippen LogP contribution in [0, 0.1) is 11.6 Å². The van der Waals surface area contributed by atoms with Gasteiger partial charge < -0.3 is 10.1 Å². The van der Waals surface area contributed by atoms with Crippen molar-refractivity contribution in [1.29, 1.82) is 0 Å². The Balaban J connectivity index is 1.87. The number of para-hydroxylation sites is 1. The van der Waals surface area contributed by atoms with Crippen LogP contribution in [0.25, 0.3) is 0 Å². The van der Waals surface area contributed by atoms with Crippen LogP contribution < -0.4 is 10.1 Å². The second-order valence-electron chi connectivity index (χ2n) is 4.91. The van der Waals surface area contributed by atoms with Crippen LogP contribution in [0.4, 0.5) is 8.78 Å². The quantitative estimate of drug-likeness (QED) is 0.928. The third kappa shape index (κ3) is 2.27. The predicted molar refractivity (Wildman–Crippen MR) is 72.7 cm³/mol. The number of fused-ring (bicyclic) bond motifs is 1. The van der Waals surface area contributed by atoms with Crippen LogP contribution in [-0.4, -0.2) is 13.2 Å². The van der Waals surface area contributed by atoms with Crippen molar-refractivity contribution < 1.29 is 13.5 Å². The maximum Gasteiger partial charge on any atom is 0.159 e. The number of hydrogen-bond acceptors (Lipinski definition) is 2. The Labute approximate surface area is 116 Å². The Bertz CT molecular complexity index is 605. The van der Waals surface area contributed by atoms with Gasteiger partial charge in [0.2, 0.25) is 0 Å². The minimum absolute atomic E-state index is 0.123. The largest absolute Gasteiger partial charge is 0.488 e. The molecule has 2 atom stereocenters. The smallest absolute Gasteiger partial charge is 0.159 e. The van der Waals surface area contributed by atoms with E-state index < -0.39 is 11.6 Å². The summed E-state index contributed by atoms with van der Waals surface area (Å²) in [7, 11) is 1.79. The first-order chi connectivity index (χ1) is 9.69. The van der Waals surface area contributed by atoms with Crippen molar-refractivity contribution in [3.8, 4) is 5.75 Å². The standard InChI is InChI=1S/C16H15F2NO/c1-19-16(11-6-7-12(17)13(18)8-11)15-9-10-4-2-3-5-14(10)20-15/h2-8,15-16,19H,9H2,1H3. The molecule has 0 bridgehead atoms. The van der Waals surface area contributed by atoms with Crippen molar-refractivity contribution in [3.63, 3.8) is 0 Å². The summed E-state index contributed by atoms with van der Waals surface area (Å²) in [6.45, 7) is 0. The van der Waals surface area contributed by atoms with Crippen LogP contribution in [0.2, 0.25) is 0 Å². The number of halogens is 2. The molecule has 1 N–H and O–H groups in total. The minimum Gasteiger partial charge on any atom is -0.488 e. The Hall–Kier alpha value is -1.94. The van der Waals surface area contributed by atoms with Crippen molar-refractivity contribution in [1.82, 2.24) is 5.32 Å². The van der Waals surface area contributed by atoms with E-state index in [1.807, 2.05) is 24.3 Å². The summed E-state index contributed by atoms with van der Waals surface area (Å²) < 4.78 is 32.3. The van der Waals surface area contributed by atoms with Crippen LogP contribution in [0.5, 0.6) is 5.75 Å². The number of hydrogen-bond donors (Lipinski definition) is 1. The van der Waals surface area contributed by atoms with Gasteiger partial charge in [-0.2, -0.15) is 0 Å². The molecule has 0 aliphatic carbocycles. The average Bonchev–Trinajstić information content (AvgIpc) is 2.87. The zero-order valence-corrected chi connectivity index (χ0v) is 11.1. The first-order valence-electron chi connectivity index (χ1n) is 6.56. The van der Waals surface area contributed by atoms with E-state index in [9.17, 15) is 8.78 Å². The molecule has 0 aromatic heterocycles. The molecule has 1 aliphatic heterocycles. The predicted octanol–water partition coefficient (Wildman–Crippen LogP) is 3.23. The van der Waals surface area contributed by atoms with Gasteiger partial charge in [0.05, 0.1) is 6.04 Å². The van der Waals surface area contributed by atoms with Gasteiger partial charge in [-0.25, -0.2) is 8.78 Å². The van der Waals surface area contributed by atoms with Gasteiger partial charge >= 0.3 is 0 Å². The van der Waals surface area contributed by atoms with E-state index in [0.29, 0.717) is 5.56 Å². The second-order valence-corrected chi connectivity index (χ2v) is 4.91. The second kappa shape index (κ2) is 5.21. The molecule has 0 saturated carbocycles. The van der Waals surface area contributed by atoms with Gasteiger partial charge in [0.25, 0.3) is 0 Å². The first kappa shape index (κ1) is 13.1. The van der Waals surface area contributed by atoms with Crippen molar-refractivity contribution in [2.24, 2.45) is 0 Å². The highest BCUT2D eigenvalue weighted by atomic mass is 19.2. The summed E-state index contributed by atoms with van der Waals surface area (Å²) in [5, 5.41) is 3.13. The molecule has 3 rings (SSSR count). The van der Waals surface area contributed by atoms with Crippen LogP contribution in [-0.2, 0) is 6.42 Å². The summed E-state index contributed by atoms with van der Waals surface area (Å²) in [5.41, 5.74) is 1.82. The lowest BCUT2D eigenvalue weighted by Gasteiger charge is -2.23. The molecule has 104 valence electrons. The lowest BCUT2D eigenvalue weighted by molar-refractivity contribution is 0.183. The molecule has 2 aromatic rings. The zero-order valence-electron chi connectivity index (χ0n) is 11.1. The average molecular weight is 275 g/mol. The molecule has 0 amide bonds. The molecule has 0 saturated heterocycles. The van der Waals surface area contributed by atoms with E-state index in [-0.39, 0.29) is 12.1 Å². The van der Waals surface area contributed by atoms with Gasteiger partial charge in [0, 0.05) is 6.42 Å². The van der Waals surface area contributed by atoms with Gasteiger partial charge in [0.15, 0.2) is 11.6 Å². The third-order valence-corrected chi connectivity index (χ3v) is 3.66. The normalized spacial score (nSPS) is 18.4. The Morgan fingerprint density at radius 2 is 1.95 bits per heavy atom. The third-order valence-electron chi connectivity index (χ3n) is 3.66. The molecular weight excluding hydrogens is 260 g/mol. The van der Waals surface area contributed by atoms with Crippen LogP contribution in [0.3, 0.4) is 0 Å². The maximum atomic E-state index is 13.4. The fourth-order valence-electron chi connectivity index (χ4n) is 2.67. The number of nitrogens with one attached hydrogen (secondary N) is 1. The summed E-state index contributed by atoms with van der Waals surface area (Å²) in [6.07, 6.45) is 0.628. The summed E-state index contributed by atoms with van der Waals surface area (Å²) in [6, 6.07) is 11.6. The van der Waals surface area contributed by atoms with Gasteiger partial charge in [-0.05, 0) is 36.4 Å². The van der Waals surface area contributed by atoms with Gasteiger partial charge in [-0.1, -0.05) is 24.3 Å².